The number of furan rings is 1. The summed E-state index contributed by atoms with van der Waals surface area (Å²) in [6.07, 6.45) is 10.0. The maximum absolute atomic E-state index is 5.78. The van der Waals surface area contributed by atoms with Crippen LogP contribution < -0.4 is 15.5 Å². The van der Waals surface area contributed by atoms with Gasteiger partial charge in [0, 0.05) is 32.4 Å². The van der Waals surface area contributed by atoms with Crippen LogP contribution in [0.1, 0.15) is 56.4 Å². The Balaban J connectivity index is 1.40. The van der Waals surface area contributed by atoms with Crippen LogP contribution in [0.3, 0.4) is 0 Å². The number of pyridine rings is 1. The molecule has 7 nitrogen and oxygen atoms in total. The summed E-state index contributed by atoms with van der Waals surface area (Å²) < 4.78 is 5.78. The third-order valence-electron chi connectivity index (χ3n) is 6.17. The molecule has 2 aromatic rings. The van der Waals surface area contributed by atoms with E-state index in [0.717, 1.165) is 56.8 Å². The van der Waals surface area contributed by atoms with Gasteiger partial charge in [-0.15, -0.1) is 0 Å². The standard InChI is InChI=1S/C24H36N6O/c1-2-25-24(27-18-20-10-11-26-23(17-20)30-14-6-7-15-30)28-19-21(22-9-8-16-31-22)29-12-4-3-5-13-29/h8-11,16-17,21H,2-7,12-15,18-19H2,1H3,(H2,25,27,28). The highest BCUT2D eigenvalue weighted by atomic mass is 16.3. The molecule has 0 aromatic carbocycles. The van der Waals surface area contributed by atoms with Crippen molar-refractivity contribution in [1.29, 1.82) is 0 Å². The Hall–Kier alpha value is -2.54. The Morgan fingerprint density at radius 2 is 1.90 bits per heavy atom. The zero-order chi connectivity index (χ0) is 21.3. The lowest BCUT2D eigenvalue weighted by molar-refractivity contribution is 0.146. The molecule has 4 heterocycles. The number of aliphatic imine (C=N–C) groups is 1. The van der Waals surface area contributed by atoms with Gasteiger partial charge in [0.05, 0.1) is 18.8 Å². The van der Waals surface area contributed by atoms with Crippen molar-refractivity contribution in [2.24, 2.45) is 4.99 Å². The molecule has 2 saturated heterocycles. The summed E-state index contributed by atoms with van der Waals surface area (Å²) in [5, 5.41) is 6.95. The molecule has 2 aliphatic heterocycles. The Kier molecular flexibility index (Phi) is 7.82. The molecule has 2 fully saturated rings. The first kappa shape index (κ1) is 21.7. The van der Waals surface area contributed by atoms with E-state index in [0.29, 0.717) is 6.54 Å². The van der Waals surface area contributed by atoms with Gasteiger partial charge in [-0.05, 0) is 75.5 Å². The second-order valence-electron chi connectivity index (χ2n) is 8.42. The third-order valence-corrected chi connectivity index (χ3v) is 6.17. The van der Waals surface area contributed by atoms with Crippen molar-refractivity contribution in [2.75, 3.05) is 44.2 Å². The van der Waals surface area contributed by atoms with Gasteiger partial charge in [-0.1, -0.05) is 6.42 Å². The van der Waals surface area contributed by atoms with Gasteiger partial charge in [-0.25, -0.2) is 9.98 Å². The average Bonchev–Trinajstić information content (AvgIpc) is 3.53. The third kappa shape index (κ3) is 6.00. The summed E-state index contributed by atoms with van der Waals surface area (Å²) in [6.45, 7) is 8.79. The first-order chi connectivity index (χ1) is 15.3. The number of hydrogen-bond donors (Lipinski definition) is 2. The Bertz CT molecular complexity index is 809. The number of likely N-dealkylation sites (tertiary alicyclic amines) is 1. The first-order valence-electron chi connectivity index (χ1n) is 11.8. The summed E-state index contributed by atoms with van der Waals surface area (Å²) in [5.74, 6) is 2.94. The minimum Gasteiger partial charge on any atom is -0.468 e. The van der Waals surface area contributed by atoms with E-state index in [1.807, 2.05) is 12.3 Å². The van der Waals surface area contributed by atoms with Crippen LogP contribution in [0.5, 0.6) is 0 Å². The van der Waals surface area contributed by atoms with Crippen LogP contribution in [0.25, 0.3) is 0 Å². The molecule has 0 saturated carbocycles. The van der Waals surface area contributed by atoms with E-state index in [9.17, 15) is 0 Å². The van der Waals surface area contributed by atoms with Gasteiger partial charge >= 0.3 is 0 Å². The summed E-state index contributed by atoms with van der Waals surface area (Å²) in [4.78, 5) is 14.3. The number of aromatic nitrogens is 1. The molecule has 31 heavy (non-hydrogen) atoms. The Morgan fingerprint density at radius 1 is 1.10 bits per heavy atom. The van der Waals surface area contributed by atoms with Crippen molar-refractivity contribution in [1.82, 2.24) is 20.5 Å². The molecule has 1 atom stereocenters. The Morgan fingerprint density at radius 3 is 2.65 bits per heavy atom. The highest BCUT2D eigenvalue weighted by molar-refractivity contribution is 5.79. The fraction of sp³-hybridized carbons (Fsp3) is 0.583. The van der Waals surface area contributed by atoms with Gasteiger partial charge < -0.3 is 20.0 Å². The lowest BCUT2D eigenvalue weighted by Gasteiger charge is -2.33. The molecule has 168 valence electrons. The number of guanidine groups is 1. The van der Waals surface area contributed by atoms with Crippen molar-refractivity contribution >= 4 is 11.8 Å². The molecule has 7 heteroatoms. The second-order valence-corrected chi connectivity index (χ2v) is 8.42. The molecule has 0 spiro atoms. The predicted octanol–water partition coefficient (Wildman–Crippen LogP) is 3.56. The summed E-state index contributed by atoms with van der Waals surface area (Å²) in [5.41, 5.74) is 1.19. The van der Waals surface area contributed by atoms with Crippen LogP contribution in [-0.2, 0) is 6.54 Å². The largest absolute Gasteiger partial charge is 0.468 e. The van der Waals surface area contributed by atoms with E-state index in [-0.39, 0.29) is 6.04 Å². The predicted molar refractivity (Wildman–Crippen MR) is 125 cm³/mol. The lowest BCUT2D eigenvalue weighted by Crippen LogP contribution is -2.44. The van der Waals surface area contributed by atoms with Crippen LogP contribution in [0.2, 0.25) is 0 Å². The van der Waals surface area contributed by atoms with Crippen LogP contribution in [0, 0.1) is 0 Å². The maximum atomic E-state index is 5.78. The fourth-order valence-corrected chi connectivity index (χ4v) is 4.50. The van der Waals surface area contributed by atoms with Gasteiger partial charge in [-0.3, -0.25) is 4.90 Å². The van der Waals surface area contributed by atoms with E-state index in [1.54, 1.807) is 6.26 Å². The van der Waals surface area contributed by atoms with Gasteiger partial charge in [0.15, 0.2) is 5.96 Å². The molecule has 2 N–H and O–H groups in total. The van der Waals surface area contributed by atoms with Gasteiger partial charge in [-0.2, -0.15) is 0 Å². The topological polar surface area (TPSA) is 68.9 Å². The molecule has 0 amide bonds. The smallest absolute Gasteiger partial charge is 0.191 e. The van der Waals surface area contributed by atoms with E-state index in [1.165, 1.54) is 37.7 Å². The summed E-state index contributed by atoms with van der Waals surface area (Å²) in [6, 6.07) is 8.53. The van der Waals surface area contributed by atoms with Crippen LogP contribution in [-0.4, -0.2) is 55.1 Å². The van der Waals surface area contributed by atoms with Crippen molar-refractivity contribution in [3.05, 3.63) is 48.0 Å². The molecule has 1 unspecified atom stereocenters. The van der Waals surface area contributed by atoms with Crippen LogP contribution in [0.15, 0.2) is 46.1 Å². The van der Waals surface area contributed by atoms with Crippen molar-refractivity contribution < 1.29 is 4.42 Å². The normalized spacial score (nSPS) is 18.9. The van der Waals surface area contributed by atoms with Crippen LogP contribution in [0.4, 0.5) is 5.82 Å². The molecule has 0 bridgehead atoms. The van der Waals surface area contributed by atoms with E-state index in [4.69, 9.17) is 9.41 Å². The quantitative estimate of drug-likeness (QED) is 0.499. The van der Waals surface area contributed by atoms with Gasteiger partial charge in [0.25, 0.3) is 0 Å². The maximum Gasteiger partial charge on any atom is 0.191 e. The Labute approximate surface area is 185 Å². The van der Waals surface area contributed by atoms with Crippen molar-refractivity contribution in [2.45, 2.75) is 51.6 Å². The molecular formula is C24H36N6O. The first-order valence-corrected chi connectivity index (χ1v) is 11.8. The highest BCUT2D eigenvalue weighted by Gasteiger charge is 2.24. The number of rotatable bonds is 8. The summed E-state index contributed by atoms with van der Waals surface area (Å²) >= 11 is 0. The van der Waals surface area contributed by atoms with Crippen LogP contribution >= 0.6 is 0 Å². The summed E-state index contributed by atoms with van der Waals surface area (Å²) in [7, 11) is 0. The highest BCUT2D eigenvalue weighted by Crippen LogP contribution is 2.24. The number of piperidine rings is 1. The monoisotopic (exact) mass is 424 g/mol. The molecular weight excluding hydrogens is 388 g/mol. The number of hydrogen-bond acceptors (Lipinski definition) is 5. The van der Waals surface area contributed by atoms with Crippen molar-refractivity contribution in [3.63, 3.8) is 0 Å². The molecule has 2 aliphatic rings. The molecule has 0 aliphatic carbocycles. The SMILES string of the molecule is CCNC(=NCc1ccnc(N2CCCC2)c1)NCC(c1ccco1)N1CCCCC1. The number of anilines is 1. The zero-order valence-electron chi connectivity index (χ0n) is 18.7. The fourth-order valence-electron chi connectivity index (χ4n) is 4.50. The molecule has 0 radical (unpaired) electrons. The molecule has 4 rings (SSSR count). The van der Waals surface area contributed by atoms with Gasteiger partial charge in [0.2, 0.25) is 0 Å². The van der Waals surface area contributed by atoms with E-state index < -0.39 is 0 Å². The average molecular weight is 425 g/mol. The van der Waals surface area contributed by atoms with Crippen molar-refractivity contribution in [3.8, 4) is 0 Å². The van der Waals surface area contributed by atoms with Gasteiger partial charge in [0.1, 0.15) is 11.6 Å². The minimum absolute atomic E-state index is 0.224. The minimum atomic E-state index is 0.224. The number of nitrogens with zero attached hydrogens (tertiary/aromatic N) is 4. The number of nitrogens with one attached hydrogen (secondary N) is 2. The van der Waals surface area contributed by atoms with E-state index in [2.05, 4.69) is 50.5 Å². The van der Waals surface area contributed by atoms with E-state index >= 15 is 0 Å². The zero-order valence-corrected chi connectivity index (χ0v) is 18.7. The second kappa shape index (κ2) is 11.2. The molecule has 2 aromatic heterocycles. The lowest BCUT2D eigenvalue weighted by atomic mass is 10.1.